The molecule has 0 radical (unpaired) electrons. The van der Waals surface area contributed by atoms with Gasteiger partial charge in [0.25, 0.3) is 0 Å². The molecular weight excluding hydrogens is 290 g/mol. The topological polar surface area (TPSA) is 38.8 Å². The van der Waals surface area contributed by atoms with E-state index < -0.39 is 0 Å². The summed E-state index contributed by atoms with van der Waals surface area (Å²) in [5, 5.41) is 2.39. The molecule has 1 amide bonds. The average molecular weight is 313 g/mol. The minimum Gasteiger partial charge on any atom is -0.497 e. The molecular formula is C19H23NO3. The number of benzene rings is 2. The van der Waals surface area contributed by atoms with Crippen molar-refractivity contribution in [2.24, 2.45) is 5.92 Å². The van der Waals surface area contributed by atoms with Gasteiger partial charge in [0.2, 0.25) is 5.91 Å². The van der Waals surface area contributed by atoms with Crippen LogP contribution in [0.3, 0.4) is 0 Å². The summed E-state index contributed by atoms with van der Waals surface area (Å²) >= 11 is 0. The van der Waals surface area contributed by atoms with E-state index in [4.69, 9.17) is 9.47 Å². The van der Waals surface area contributed by atoms with Gasteiger partial charge >= 0.3 is 0 Å². The largest absolute Gasteiger partial charge is 0.497 e. The number of likely N-dealkylation sites (tertiary alicyclic amines) is 1. The summed E-state index contributed by atoms with van der Waals surface area (Å²) in [6.45, 7) is 2.14. The normalized spacial score (nSPS) is 17.9. The molecule has 0 aromatic heterocycles. The lowest BCUT2D eigenvalue weighted by Crippen LogP contribution is -2.28. The minimum atomic E-state index is 0.248. The second kappa shape index (κ2) is 7.01. The minimum absolute atomic E-state index is 0.248. The van der Waals surface area contributed by atoms with Crippen LogP contribution in [0.15, 0.2) is 36.4 Å². The maximum atomic E-state index is 12.0. The van der Waals surface area contributed by atoms with Crippen LogP contribution < -0.4 is 4.74 Å². The molecule has 0 N–H and O–H groups in total. The molecule has 1 fully saturated rings. The van der Waals surface area contributed by atoms with Gasteiger partial charge in [0.15, 0.2) is 0 Å². The van der Waals surface area contributed by atoms with E-state index in [2.05, 4.69) is 24.3 Å². The number of nitrogens with zero attached hydrogens (tertiary/aromatic N) is 1. The number of carbonyl (C=O) groups excluding carboxylic acids is 1. The highest BCUT2D eigenvalue weighted by Crippen LogP contribution is 2.26. The van der Waals surface area contributed by atoms with Crippen molar-refractivity contribution in [3.63, 3.8) is 0 Å². The Morgan fingerprint density at radius 1 is 1.13 bits per heavy atom. The fourth-order valence-electron chi connectivity index (χ4n) is 3.27. The second-order valence-electron chi connectivity index (χ2n) is 6.15. The summed E-state index contributed by atoms with van der Waals surface area (Å²) < 4.78 is 10.3. The van der Waals surface area contributed by atoms with Crippen molar-refractivity contribution in [3.8, 4) is 5.75 Å². The lowest BCUT2D eigenvalue weighted by atomic mass is 9.96. The van der Waals surface area contributed by atoms with E-state index in [9.17, 15) is 4.79 Å². The third kappa shape index (κ3) is 3.64. The molecule has 0 bridgehead atoms. The number of carbonyl (C=O) groups is 1. The van der Waals surface area contributed by atoms with Crippen LogP contribution in [0.25, 0.3) is 10.8 Å². The first kappa shape index (κ1) is 15.8. The van der Waals surface area contributed by atoms with Crippen LogP contribution in [-0.2, 0) is 16.0 Å². The highest BCUT2D eigenvalue weighted by atomic mass is 16.5. The number of fused-ring (bicyclic) bond motifs is 1. The number of rotatable bonds is 6. The summed E-state index contributed by atoms with van der Waals surface area (Å²) in [6, 6.07) is 12.6. The Kier molecular flexibility index (Phi) is 4.82. The lowest BCUT2D eigenvalue weighted by Gasteiger charge is -2.16. The van der Waals surface area contributed by atoms with Gasteiger partial charge in [-0.3, -0.25) is 4.79 Å². The lowest BCUT2D eigenvalue weighted by molar-refractivity contribution is -0.128. The molecule has 0 aliphatic carbocycles. The summed E-state index contributed by atoms with van der Waals surface area (Å²) in [5.41, 5.74) is 1.29. The highest BCUT2D eigenvalue weighted by molar-refractivity contribution is 5.84. The zero-order valence-corrected chi connectivity index (χ0v) is 13.7. The molecule has 1 heterocycles. The molecule has 1 unspecified atom stereocenters. The molecule has 4 heteroatoms. The predicted octanol–water partition coefficient (Wildman–Crippen LogP) is 2.89. The monoisotopic (exact) mass is 313 g/mol. The Hall–Kier alpha value is -2.07. The first-order valence-electron chi connectivity index (χ1n) is 8.03. The third-order valence-electron chi connectivity index (χ3n) is 4.50. The van der Waals surface area contributed by atoms with Gasteiger partial charge in [0.05, 0.1) is 13.7 Å². The average Bonchev–Trinajstić information content (AvgIpc) is 2.91. The molecule has 4 nitrogen and oxygen atoms in total. The van der Waals surface area contributed by atoms with Crippen molar-refractivity contribution in [2.45, 2.75) is 12.8 Å². The van der Waals surface area contributed by atoms with Crippen molar-refractivity contribution in [2.75, 3.05) is 33.9 Å². The number of amides is 1. The van der Waals surface area contributed by atoms with Crippen LogP contribution in [0.2, 0.25) is 0 Å². The van der Waals surface area contributed by atoms with Gasteiger partial charge in [-0.2, -0.15) is 0 Å². The van der Waals surface area contributed by atoms with Crippen LogP contribution in [0, 0.1) is 5.92 Å². The zero-order valence-electron chi connectivity index (χ0n) is 13.7. The molecule has 122 valence electrons. The van der Waals surface area contributed by atoms with Crippen molar-refractivity contribution in [3.05, 3.63) is 42.0 Å². The Morgan fingerprint density at radius 2 is 1.91 bits per heavy atom. The van der Waals surface area contributed by atoms with Crippen LogP contribution >= 0.6 is 0 Å². The molecule has 1 saturated heterocycles. The van der Waals surface area contributed by atoms with Crippen LogP contribution in [0.4, 0.5) is 0 Å². The summed E-state index contributed by atoms with van der Waals surface area (Å²) in [5.74, 6) is 1.52. The Labute approximate surface area is 137 Å². The number of hydrogen-bond donors (Lipinski definition) is 0. The van der Waals surface area contributed by atoms with Gasteiger partial charge < -0.3 is 14.4 Å². The molecule has 2 aromatic rings. The zero-order chi connectivity index (χ0) is 16.2. The van der Waals surface area contributed by atoms with E-state index in [1.54, 1.807) is 14.2 Å². The van der Waals surface area contributed by atoms with E-state index >= 15 is 0 Å². The van der Waals surface area contributed by atoms with E-state index in [1.165, 1.54) is 16.3 Å². The van der Waals surface area contributed by atoms with Crippen molar-refractivity contribution in [1.82, 2.24) is 4.90 Å². The smallest absolute Gasteiger partial charge is 0.223 e. The van der Waals surface area contributed by atoms with Crippen molar-refractivity contribution in [1.29, 1.82) is 0 Å². The molecule has 0 saturated carbocycles. The van der Waals surface area contributed by atoms with E-state index in [1.807, 2.05) is 17.0 Å². The Bertz CT molecular complexity index is 698. The van der Waals surface area contributed by atoms with Gasteiger partial charge in [-0.1, -0.05) is 24.3 Å². The molecule has 1 atom stereocenters. The van der Waals surface area contributed by atoms with Crippen molar-refractivity contribution < 1.29 is 14.3 Å². The number of methoxy groups -OCH3 is 2. The summed E-state index contributed by atoms with van der Waals surface area (Å²) in [7, 11) is 3.35. The summed E-state index contributed by atoms with van der Waals surface area (Å²) in [4.78, 5) is 13.9. The van der Waals surface area contributed by atoms with Crippen molar-refractivity contribution >= 4 is 16.7 Å². The third-order valence-corrected chi connectivity index (χ3v) is 4.50. The summed E-state index contributed by atoms with van der Waals surface area (Å²) in [6.07, 6.45) is 1.58. The second-order valence-corrected chi connectivity index (χ2v) is 6.15. The van der Waals surface area contributed by atoms with Crippen LogP contribution in [0.5, 0.6) is 5.75 Å². The highest BCUT2D eigenvalue weighted by Gasteiger charge is 2.29. The maximum Gasteiger partial charge on any atom is 0.223 e. The molecule has 3 rings (SSSR count). The van der Waals surface area contributed by atoms with Gasteiger partial charge in [-0.15, -0.1) is 0 Å². The fourth-order valence-corrected chi connectivity index (χ4v) is 3.27. The SMILES string of the molecule is COCCN1CC(Cc2ccc3cc(OC)ccc3c2)CC1=O. The molecule has 23 heavy (non-hydrogen) atoms. The first-order chi connectivity index (χ1) is 11.2. The first-order valence-corrected chi connectivity index (χ1v) is 8.03. The Morgan fingerprint density at radius 3 is 2.70 bits per heavy atom. The molecule has 1 aliphatic heterocycles. The van der Waals surface area contributed by atoms with E-state index in [0.29, 0.717) is 25.5 Å². The number of ether oxygens (including phenoxy) is 2. The fraction of sp³-hybridized carbons (Fsp3) is 0.421. The predicted molar refractivity (Wildman–Crippen MR) is 90.8 cm³/mol. The van der Waals surface area contributed by atoms with Gasteiger partial charge in [-0.25, -0.2) is 0 Å². The molecule has 2 aromatic carbocycles. The van der Waals surface area contributed by atoms with E-state index in [0.717, 1.165) is 18.7 Å². The standard InChI is InChI=1S/C19H23NO3/c1-22-8-7-20-13-15(11-19(20)21)9-14-3-4-17-12-18(23-2)6-5-16(17)10-14/h3-6,10,12,15H,7-9,11,13H2,1-2H3. The molecule has 0 spiro atoms. The van der Waals surface area contributed by atoms with E-state index in [-0.39, 0.29) is 5.91 Å². The molecule has 1 aliphatic rings. The number of hydrogen-bond acceptors (Lipinski definition) is 3. The Balaban J connectivity index is 1.68. The maximum absolute atomic E-state index is 12.0. The van der Waals surface area contributed by atoms with Gasteiger partial charge in [-0.05, 0) is 40.8 Å². The van der Waals surface area contributed by atoms with Crippen LogP contribution in [-0.4, -0.2) is 44.7 Å². The van der Waals surface area contributed by atoms with Crippen LogP contribution in [0.1, 0.15) is 12.0 Å². The quantitative estimate of drug-likeness (QED) is 0.823. The van der Waals surface area contributed by atoms with Gasteiger partial charge in [0.1, 0.15) is 5.75 Å². The van der Waals surface area contributed by atoms with Gasteiger partial charge in [0, 0.05) is 26.6 Å².